The topological polar surface area (TPSA) is 42.1 Å². The molecule has 2 N–H and O–H groups in total. The Labute approximate surface area is 106 Å². The summed E-state index contributed by atoms with van der Waals surface area (Å²) in [5.41, 5.74) is 7.90. The van der Waals surface area contributed by atoms with E-state index in [4.69, 9.17) is 5.73 Å². The molecule has 0 bridgehead atoms. The van der Waals surface area contributed by atoms with Crippen LogP contribution in [0.4, 0.5) is 10.2 Å². The maximum absolute atomic E-state index is 12.8. The number of aromatic nitrogens is 1. The zero-order chi connectivity index (χ0) is 13.1. The molecule has 0 aliphatic heterocycles. The summed E-state index contributed by atoms with van der Waals surface area (Å²) in [5, 5.41) is 0. The van der Waals surface area contributed by atoms with E-state index in [0.717, 1.165) is 16.9 Å². The molecule has 0 saturated heterocycles. The van der Waals surface area contributed by atoms with Crippen molar-refractivity contribution in [3.05, 3.63) is 59.5 Å². The van der Waals surface area contributed by atoms with Gasteiger partial charge in [0, 0.05) is 20.3 Å². The van der Waals surface area contributed by atoms with Crippen LogP contribution in [0.25, 0.3) is 0 Å². The smallest absolute Gasteiger partial charge is 0.127 e. The molecule has 2 rings (SSSR count). The highest BCUT2D eigenvalue weighted by molar-refractivity contribution is 5.39. The van der Waals surface area contributed by atoms with Crippen molar-refractivity contribution in [1.82, 2.24) is 4.98 Å². The van der Waals surface area contributed by atoms with Crippen LogP contribution in [0.1, 0.15) is 17.2 Å². The summed E-state index contributed by atoms with van der Waals surface area (Å²) in [6, 6.07) is 9.79. The van der Waals surface area contributed by atoms with E-state index in [1.54, 1.807) is 18.3 Å². The van der Waals surface area contributed by atoms with Gasteiger partial charge >= 0.3 is 0 Å². The summed E-state index contributed by atoms with van der Waals surface area (Å²) in [6.45, 7) is 0. The number of hydrogen-bond donors (Lipinski definition) is 1. The Morgan fingerprint density at radius 3 is 2.17 bits per heavy atom. The molecule has 1 aromatic heterocycles. The molecule has 0 aliphatic carbocycles. The Kier molecular flexibility index (Phi) is 3.58. The van der Waals surface area contributed by atoms with E-state index in [2.05, 4.69) is 4.98 Å². The van der Waals surface area contributed by atoms with E-state index in [0.29, 0.717) is 0 Å². The van der Waals surface area contributed by atoms with Crippen molar-refractivity contribution in [2.45, 2.75) is 6.04 Å². The second-order valence-corrected chi connectivity index (χ2v) is 4.37. The third-order valence-corrected chi connectivity index (χ3v) is 2.82. The van der Waals surface area contributed by atoms with Gasteiger partial charge in [-0.05, 0) is 29.3 Å². The molecule has 0 spiro atoms. The second kappa shape index (κ2) is 5.14. The molecule has 1 unspecified atom stereocenters. The summed E-state index contributed by atoms with van der Waals surface area (Å²) < 4.78 is 12.8. The number of nitrogens with two attached hydrogens (primary N) is 1. The Bertz CT molecular complexity index is 506. The standard InChI is InChI=1S/C14H16FN3/c1-18(2)13-8-5-11(9-17-13)14(16)10-3-6-12(15)7-4-10/h3-9,14H,16H2,1-2H3. The van der Waals surface area contributed by atoms with Gasteiger partial charge in [-0.2, -0.15) is 0 Å². The van der Waals surface area contributed by atoms with Crippen LogP contribution in [0.15, 0.2) is 42.6 Å². The Morgan fingerprint density at radius 1 is 1.06 bits per heavy atom. The highest BCUT2D eigenvalue weighted by Gasteiger charge is 2.09. The Balaban J connectivity index is 2.23. The maximum Gasteiger partial charge on any atom is 0.127 e. The lowest BCUT2D eigenvalue weighted by Crippen LogP contribution is -2.14. The lowest BCUT2D eigenvalue weighted by atomic mass is 10.0. The first-order valence-corrected chi connectivity index (χ1v) is 5.72. The SMILES string of the molecule is CN(C)c1ccc(C(N)c2ccc(F)cc2)cn1. The van der Waals surface area contributed by atoms with Crippen molar-refractivity contribution < 1.29 is 4.39 Å². The number of benzene rings is 1. The minimum absolute atomic E-state index is 0.257. The molecule has 1 aromatic carbocycles. The van der Waals surface area contributed by atoms with Crippen LogP contribution < -0.4 is 10.6 Å². The zero-order valence-electron chi connectivity index (χ0n) is 10.5. The van der Waals surface area contributed by atoms with Gasteiger partial charge in [-0.25, -0.2) is 9.37 Å². The van der Waals surface area contributed by atoms with E-state index < -0.39 is 0 Å². The summed E-state index contributed by atoms with van der Waals surface area (Å²) in [5.74, 6) is 0.622. The largest absolute Gasteiger partial charge is 0.363 e. The van der Waals surface area contributed by atoms with Gasteiger partial charge in [0.15, 0.2) is 0 Å². The zero-order valence-corrected chi connectivity index (χ0v) is 10.5. The van der Waals surface area contributed by atoms with Gasteiger partial charge in [0.2, 0.25) is 0 Å². The van der Waals surface area contributed by atoms with Crippen LogP contribution in [0.2, 0.25) is 0 Å². The molecule has 3 nitrogen and oxygen atoms in total. The quantitative estimate of drug-likeness (QED) is 0.902. The maximum atomic E-state index is 12.8. The van der Waals surface area contributed by atoms with Gasteiger partial charge in [-0.15, -0.1) is 0 Å². The summed E-state index contributed by atoms with van der Waals surface area (Å²) >= 11 is 0. The fourth-order valence-electron chi connectivity index (χ4n) is 1.71. The van der Waals surface area contributed by atoms with Crippen molar-refractivity contribution in [3.63, 3.8) is 0 Å². The molecule has 0 aliphatic rings. The fourth-order valence-corrected chi connectivity index (χ4v) is 1.71. The van der Waals surface area contributed by atoms with Crippen LogP contribution in [0, 0.1) is 5.82 Å². The number of rotatable bonds is 3. The molecule has 4 heteroatoms. The highest BCUT2D eigenvalue weighted by atomic mass is 19.1. The Morgan fingerprint density at radius 2 is 1.67 bits per heavy atom. The molecule has 18 heavy (non-hydrogen) atoms. The van der Waals surface area contributed by atoms with Gasteiger partial charge in [-0.1, -0.05) is 18.2 Å². The lowest BCUT2D eigenvalue weighted by Gasteiger charge is -2.15. The van der Waals surface area contributed by atoms with E-state index in [9.17, 15) is 4.39 Å². The second-order valence-electron chi connectivity index (χ2n) is 4.37. The number of anilines is 1. The van der Waals surface area contributed by atoms with E-state index in [1.165, 1.54) is 12.1 Å². The fraction of sp³-hybridized carbons (Fsp3) is 0.214. The molecule has 2 aromatic rings. The predicted octanol–water partition coefficient (Wildman–Crippen LogP) is 2.33. The number of halogens is 1. The van der Waals surface area contributed by atoms with Gasteiger partial charge in [-0.3, -0.25) is 0 Å². The first kappa shape index (κ1) is 12.5. The monoisotopic (exact) mass is 245 g/mol. The van der Waals surface area contributed by atoms with Crippen LogP contribution >= 0.6 is 0 Å². The summed E-state index contributed by atoms with van der Waals surface area (Å²) in [7, 11) is 3.86. The van der Waals surface area contributed by atoms with Crippen LogP contribution in [0.3, 0.4) is 0 Å². The lowest BCUT2D eigenvalue weighted by molar-refractivity contribution is 0.626. The van der Waals surface area contributed by atoms with Crippen molar-refractivity contribution in [3.8, 4) is 0 Å². The molecular weight excluding hydrogens is 229 g/mol. The predicted molar refractivity (Wildman–Crippen MR) is 71.0 cm³/mol. The molecular formula is C14H16FN3. The first-order valence-electron chi connectivity index (χ1n) is 5.72. The van der Waals surface area contributed by atoms with Crippen molar-refractivity contribution >= 4 is 5.82 Å². The molecule has 0 amide bonds. The first-order chi connectivity index (χ1) is 8.58. The van der Waals surface area contributed by atoms with Gasteiger partial charge in [0.1, 0.15) is 11.6 Å². The average Bonchev–Trinajstić information content (AvgIpc) is 2.39. The van der Waals surface area contributed by atoms with Crippen molar-refractivity contribution in [2.24, 2.45) is 5.73 Å². The number of hydrogen-bond acceptors (Lipinski definition) is 3. The van der Waals surface area contributed by atoms with Crippen molar-refractivity contribution in [1.29, 1.82) is 0 Å². The minimum atomic E-state index is -0.283. The molecule has 0 saturated carbocycles. The third-order valence-electron chi connectivity index (χ3n) is 2.82. The van der Waals surface area contributed by atoms with Crippen molar-refractivity contribution in [2.75, 3.05) is 19.0 Å². The third kappa shape index (κ3) is 2.65. The van der Waals surface area contributed by atoms with E-state index in [-0.39, 0.29) is 11.9 Å². The van der Waals surface area contributed by atoms with Gasteiger partial charge in [0.25, 0.3) is 0 Å². The van der Waals surface area contributed by atoms with Crippen LogP contribution in [0.5, 0.6) is 0 Å². The van der Waals surface area contributed by atoms with Gasteiger partial charge < -0.3 is 10.6 Å². The van der Waals surface area contributed by atoms with Crippen LogP contribution in [-0.2, 0) is 0 Å². The summed E-state index contributed by atoms with van der Waals surface area (Å²) in [6.07, 6.45) is 1.75. The normalized spacial score (nSPS) is 12.2. The van der Waals surface area contributed by atoms with Gasteiger partial charge in [0.05, 0.1) is 6.04 Å². The molecule has 1 atom stereocenters. The van der Waals surface area contributed by atoms with Crippen LogP contribution in [-0.4, -0.2) is 19.1 Å². The van der Waals surface area contributed by atoms with E-state index in [1.807, 2.05) is 31.1 Å². The minimum Gasteiger partial charge on any atom is -0.363 e. The highest BCUT2D eigenvalue weighted by Crippen LogP contribution is 2.20. The molecule has 0 fully saturated rings. The summed E-state index contributed by atoms with van der Waals surface area (Å²) in [4.78, 5) is 6.24. The molecule has 1 heterocycles. The van der Waals surface area contributed by atoms with E-state index >= 15 is 0 Å². The average molecular weight is 245 g/mol. The number of nitrogens with zero attached hydrogens (tertiary/aromatic N) is 2. The molecule has 0 radical (unpaired) electrons. The molecule has 94 valence electrons. The Hall–Kier alpha value is -1.94. The number of pyridine rings is 1.